The molecule has 4 nitrogen and oxygen atoms in total. The van der Waals surface area contributed by atoms with E-state index in [4.69, 9.17) is 4.65 Å². The van der Waals surface area contributed by atoms with Crippen LogP contribution in [0.2, 0.25) is 0 Å². The molecule has 1 aromatic heterocycles. The molecule has 0 radical (unpaired) electrons. The summed E-state index contributed by atoms with van der Waals surface area (Å²) in [6, 6.07) is 9.83. The normalized spacial score (nSPS) is 12.5. The second-order valence-corrected chi connectivity index (χ2v) is 7.40. The van der Waals surface area contributed by atoms with E-state index in [0.717, 1.165) is 16.3 Å². The SMILES string of the molecule is Cc1nc(-c2ccccc2)sc1B(O)OC(C)(C)C(C)(C)O. The van der Waals surface area contributed by atoms with Crippen molar-refractivity contribution in [3.05, 3.63) is 36.0 Å². The Kier molecular flexibility index (Phi) is 4.77. The zero-order valence-electron chi connectivity index (χ0n) is 13.6. The van der Waals surface area contributed by atoms with E-state index < -0.39 is 18.3 Å². The molecule has 0 fully saturated rings. The average Bonchev–Trinajstić information content (AvgIpc) is 2.80. The van der Waals surface area contributed by atoms with Gasteiger partial charge in [-0.2, -0.15) is 0 Å². The lowest BCUT2D eigenvalue weighted by atomic mass is 9.81. The van der Waals surface area contributed by atoms with E-state index in [1.54, 1.807) is 27.7 Å². The van der Waals surface area contributed by atoms with Crippen molar-refractivity contribution >= 4 is 23.2 Å². The predicted molar refractivity (Wildman–Crippen MR) is 91.4 cm³/mol. The van der Waals surface area contributed by atoms with Crippen LogP contribution in [0.15, 0.2) is 30.3 Å². The molecule has 118 valence electrons. The van der Waals surface area contributed by atoms with Crippen molar-refractivity contribution in [2.75, 3.05) is 0 Å². The number of aliphatic hydroxyl groups is 1. The van der Waals surface area contributed by atoms with E-state index >= 15 is 0 Å². The van der Waals surface area contributed by atoms with Crippen molar-refractivity contribution in [3.63, 3.8) is 0 Å². The second kappa shape index (κ2) is 6.12. The van der Waals surface area contributed by atoms with Gasteiger partial charge in [0.25, 0.3) is 0 Å². The third-order valence-corrected chi connectivity index (χ3v) is 5.19. The summed E-state index contributed by atoms with van der Waals surface area (Å²) in [6.45, 7) is 8.68. The van der Waals surface area contributed by atoms with Crippen LogP contribution in [0.3, 0.4) is 0 Å². The highest BCUT2D eigenvalue weighted by molar-refractivity contribution is 7.24. The first kappa shape index (κ1) is 17.2. The lowest BCUT2D eigenvalue weighted by Gasteiger charge is -2.38. The van der Waals surface area contributed by atoms with Gasteiger partial charge in [-0.05, 0) is 34.6 Å². The van der Waals surface area contributed by atoms with Crippen LogP contribution in [0.4, 0.5) is 0 Å². The second-order valence-electron chi connectivity index (χ2n) is 6.37. The molecule has 0 aliphatic carbocycles. The fourth-order valence-corrected chi connectivity index (χ4v) is 2.81. The lowest BCUT2D eigenvalue weighted by molar-refractivity contribution is -0.0982. The minimum absolute atomic E-state index is 0.663. The van der Waals surface area contributed by atoms with Crippen LogP contribution in [-0.4, -0.2) is 33.4 Å². The Labute approximate surface area is 135 Å². The smallest absolute Gasteiger partial charge is 0.422 e. The zero-order valence-corrected chi connectivity index (χ0v) is 14.4. The van der Waals surface area contributed by atoms with Crippen LogP contribution in [0.25, 0.3) is 10.6 Å². The maximum Gasteiger partial charge on any atom is 0.504 e. The van der Waals surface area contributed by atoms with Crippen LogP contribution in [0, 0.1) is 6.92 Å². The molecule has 22 heavy (non-hydrogen) atoms. The van der Waals surface area contributed by atoms with E-state index in [0.29, 0.717) is 4.78 Å². The molecule has 0 aliphatic rings. The Morgan fingerprint density at radius 3 is 2.27 bits per heavy atom. The van der Waals surface area contributed by atoms with E-state index in [9.17, 15) is 10.1 Å². The molecule has 0 saturated heterocycles. The fraction of sp³-hybridized carbons (Fsp3) is 0.438. The summed E-state index contributed by atoms with van der Waals surface area (Å²) in [5.74, 6) is 0. The van der Waals surface area contributed by atoms with E-state index in [1.807, 2.05) is 37.3 Å². The zero-order chi connectivity index (χ0) is 16.5. The minimum atomic E-state index is -1.11. The largest absolute Gasteiger partial charge is 0.504 e. The molecule has 6 heteroatoms. The minimum Gasteiger partial charge on any atom is -0.422 e. The lowest BCUT2D eigenvalue weighted by Crippen LogP contribution is -2.53. The highest BCUT2D eigenvalue weighted by atomic mass is 32.1. The van der Waals surface area contributed by atoms with Gasteiger partial charge in [-0.1, -0.05) is 30.3 Å². The van der Waals surface area contributed by atoms with Gasteiger partial charge in [-0.25, -0.2) is 4.98 Å². The summed E-state index contributed by atoms with van der Waals surface area (Å²) in [4.78, 5) is 4.51. The predicted octanol–water partition coefficient (Wildman–Crippen LogP) is 2.37. The number of hydrogen-bond donors (Lipinski definition) is 2. The molecule has 0 saturated carbocycles. The highest BCUT2D eigenvalue weighted by Gasteiger charge is 2.40. The van der Waals surface area contributed by atoms with Gasteiger partial charge in [0.1, 0.15) is 5.01 Å². The van der Waals surface area contributed by atoms with E-state index in [2.05, 4.69) is 4.98 Å². The van der Waals surface area contributed by atoms with E-state index in [-0.39, 0.29) is 0 Å². The molecule has 0 amide bonds. The molecule has 2 rings (SSSR count). The summed E-state index contributed by atoms with van der Waals surface area (Å²) in [5.41, 5.74) is -0.219. The van der Waals surface area contributed by atoms with E-state index in [1.165, 1.54) is 11.3 Å². The third-order valence-electron chi connectivity index (χ3n) is 3.96. The summed E-state index contributed by atoms with van der Waals surface area (Å²) in [6.07, 6.45) is 0. The van der Waals surface area contributed by atoms with Gasteiger partial charge in [0, 0.05) is 11.3 Å². The average molecular weight is 319 g/mol. The van der Waals surface area contributed by atoms with Gasteiger partial charge in [-0.3, -0.25) is 0 Å². The van der Waals surface area contributed by atoms with Crippen LogP contribution >= 0.6 is 11.3 Å². The van der Waals surface area contributed by atoms with Crippen LogP contribution in [0.5, 0.6) is 0 Å². The van der Waals surface area contributed by atoms with Crippen molar-refractivity contribution in [3.8, 4) is 10.6 Å². The molecule has 0 atom stereocenters. The molecule has 0 aliphatic heterocycles. The Balaban J connectivity index is 2.25. The summed E-state index contributed by atoms with van der Waals surface area (Å²) in [7, 11) is -1.11. The number of aryl methyl sites for hydroxylation is 1. The number of nitrogens with zero attached hydrogens (tertiary/aromatic N) is 1. The van der Waals surface area contributed by atoms with Gasteiger partial charge >= 0.3 is 7.12 Å². The van der Waals surface area contributed by atoms with Crippen molar-refractivity contribution in [2.45, 2.75) is 45.8 Å². The first-order valence-electron chi connectivity index (χ1n) is 7.23. The van der Waals surface area contributed by atoms with Crippen molar-refractivity contribution in [2.24, 2.45) is 0 Å². The summed E-state index contributed by atoms with van der Waals surface area (Å²) in [5, 5.41) is 21.4. The number of benzene rings is 1. The third kappa shape index (κ3) is 3.58. The topological polar surface area (TPSA) is 62.6 Å². The maximum absolute atomic E-state index is 10.4. The van der Waals surface area contributed by atoms with Gasteiger partial charge < -0.3 is 14.8 Å². The van der Waals surface area contributed by atoms with Crippen LogP contribution < -0.4 is 4.78 Å². The standard InChI is InChI=1S/C16H22BNO3S/c1-11-13(17(20)21-16(4,5)15(2,3)19)22-14(18-11)12-9-7-6-8-10-12/h6-10,19-20H,1-5H3. The molecule has 2 aromatic rings. The quantitative estimate of drug-likeness (QED) is 0.831. The molecular weight excluding hydrogens is 297 g/mol. The Bertz CT molecular complexity index is 635. The van der Waals surface area contributed by atoms with Crippen LogP contribution in [0.1, 0.15) is 33.4 Å². The molecule has 2 N–H and O–H groups in total. The highest BCUT2D eigenvalue weighted by Crippen LogP contribution is 2.27. The summed E-state index contributed by atoms with van der Waals surface area (Å²) < 4.78 is 6.36. The first-order valence-corrected chi connectivity index (χ1v) is 8.04. The molecular formula is C16H22BNO3S. The maximum atomic E-state index is 10.4. The molecule has 0 spiro atoms. The number of rotatable bonds is 5. The first-order chi connectivity index (χ1) is 10.1. The van der Waals surface area contributed by atoms with Gasteiger partial charge in [0.15, 0.2) is 0 Å². The van der Waals surface area contributed by atoms with Crippen molar-refractivity contribution in [1.82, 2.24) is 4.98 Å². The Morgan fingerprint density at radius 1 is 1.14 bits per heavy atom. The molecule has 1 aromatic carbocycles. The summed E-state index contributed by atoms with van der Waals surface area (Å²) >= 11 is 1.40. The van der Waals surface area contributed by atoms with Crippen molar-refractivity contribution < 1.29 is 14.8 Å². The van der Waals surface area contributed by atoms with Gasteiger partial charge in [0.2, 0.25) is 0 Å². The number of thiazole rings is 1. The monoisotopic (exact) mass is 319 g/mol. The fourth-order valence-electron chi connectivity index (χ4n) is 1.82. The Hall–Kier alpha value is -1.21. The van der Waals surface area contributed by atoms with Crippen LogP contribution in [-0.2, 0) is 4.65 Å². The number of hydrogen-bond acceptors (Lipinski definition) is 5. The Morgan fingerprint density at radius 2 is 1.73 bits per heavy atom. The van der Waals surface area contributed by atoms with Gasteiger partial charge in [0.05, 0.1) is 16.0 Å². The van der Waals surface area contributed by atoms with Crippen molar-refractivity contribution in [1.29, 1.82) is 0 Å². The van der Waals surface area contributed by atoms with Gasteiger partial charge in [-0.15, -0.1) is 11.3 Å². The molecule has 0 bridgehead atoms. The number of aromatic nitrogens is 1. The molecule has 0 unspecified atom stereocenters. The molecule has 1 heterocycles.